The molecule has 0 N–H and O–H groups in total. The molecule has 0 unspecified atom stereocenters. The van der Waals surface area contributed by atoms with Crippen LogP contribution in [0.1, 0.15) is 55.0 Å². The molecule has 42 heavy (non-hydrogen) atoms. The van der Waals surface area contributed by atoms with Crippen LogP contribution in [-0.4, -0.2) is 43.3 Å². The van der Waals surface area contributed by atoms with Crippen molar-refractivity contribution in [2.24, 2.45) is 13.0 Å². The molecule has 0 bridgehead atoms. The van der Waals surface area contributed by atoms with E-state index in [-0.39, 0.29) is 30.7 Å². The van der Waals surface area contributed by atoms with Gasteiger partial charge in [-0.2, -0.15) is 31.1 Å². The monoisotopic (exact) mass is 592 g/mol. The predicted molar refractivity (Wildman–Crippen MR) is 145 cm³/mol. The largest absolute Gasteiger partial charge is 0.416 e. The summed E-state index contributed by atoms with van der Waals surface area (Å²) in [6.07, 6.45) is -5.38. The lowest BCUT2D eigenvalue weighted by Gasteiger charge is -2.29. The number of tetrazole rings is 1. The van der Waals surface area contributed by atoms with Gasteiger partial charge in [0.15, 0.2) is 5.82 Å². The highest BCUT2D eigenvalue weighted by Crippen LogP contribution is 2.37. The highest BCUT2D eigenvalue weighted by Gasteiger charge is 2.37. The van der Waals surface area contributed by atoms with E-state index in [1.807, 2.05) is 25.1 Å². The van der Waals surface area contributed by atoms with Crippen molar-refractivity contribution in [1.82, 2.24) is 30.2 Å². The Morgan fingerprint density at radius 3 is 2.02 bits per heavy atom. The molecule has 2 aromatic heterocycles. The Bertz CT molecular complexity index is 1490. The summed E-state index contributed by atoms with van der Waals surface area (Å²) in [5.74, 6) is 1.13. The number of benzene rings is 2. The Morgan fingerprint density at radius 1 is 0.857 bits per heavy atom. The van der Waals surface area contributed by atoms with Gasteiger partial charge in [-0.1, -0.05) is 30.1 Å². The minimum atomic E-state index is -4.97. The van der Waals surface area contributed by atoms with Gasteiger partial charge in [0.25, 0.3) is 5.95 Å². The third kappa shape index (κ3) is 6.73. The van der Waals surface area contributed by atoms with E-state index >= 15 is 0 Å². The zero-order valence-corrected chi connectivity index (χ0v) is 23.1. The molecule has 5 rings (SSSR count). The van der Waals surface area contributed by atoms with E-state index < -0.39 is 23.5 Å². The van der Waals surface area contributed by atoms with Crippen molar-refractivity contribution in [2.75, 3.05) is 22.9 Å². The fourth-order valence-corrected chi connectivity index (χ4v) is 5.37. The van der Waals surface area contributed by atoms with Crippen molar-refractivity contribution in [3.63, 3.8) is 0 Å². The molecule has 0 aliphatic heterocycles. The number of halogens is 6. The fraction of sp³-hybridized carbons (Fsp3) is 0.464. The first-order valence-electron chi connectivity index (χ1n) is 13.7. The minimum Gasteiger partial charge on any atom is -0.355 e. The summed E-state index contributed by atoms with van der Waals surface area (Å²) in [5.41, 5.74) is -1.20. The normalized spacial score (nSPS) is 14.6. The first-order valence-corrected chi connectivity index (χ1v) is 13.7. The van der Waals surface area contributed by atoms with Gasteiger partial charge in [-0.15, -0.1) is 5.10 Å². The van der Waals surface area contributed by atoms with Crippen LogP contribution in [0.2, 0.25) is 0 Å². The standard InChI is InChI=1S/C28H30F6N8/c1-3-41(15-18-8-4-5-9-18)25-24(35-22-10-6-7-11-23(22)36-25)17-42(26-37-39-40(2)38-26)16-19-12-20(27(29,30)31)14-21(13-19)28(32,33)34/h6-7,10-14,18H,3-5,8-9,15-17H2,1-2H3. The van der Waals surface area contributed by atoms with Gasteiger partial charge in [-0.3, -0.25) is 0 Å². The Hall–Kier alpha value is -3.97. The molecular weight excluding hydrogens is 562 g/mol. The Balaban J connectivity index is 1.57. The molecule has 8 nitrogen and oxygen atoms in total. The van der Waals surface area contributed by atoms with Crippen molar-refractivity contribution in [1.29, 1.82) is 0 Å². The van der Waals surface area contributed by atoms with Crippen LogP contribution < -0.4 is 9.80 Å². The lowest BCUT2D eigenvalue weighted by atomic mass is 10.0. The number of alkyl halides is 6. The van der Waals surface area contributed by atoms with Gasteiger partial charge in [0, 0.05) is 19.6 Å². The molecule has 0 radical (unpaired) electrons. The van der Waals surface area contributed by atoms with E-state index in [0.717, 1.165) is 19.4 Å². The summed E-state index contributed by atoms with van der Waals surface area (Å²) < 4.78 is 81.6. The Morgan fingerprint density at radius 2 is 1.48 bits per heavy atom. The second kappa shape index (κ2) is 11.7. The van der Waals surface area contributed by atoms with Crippen LogP contribution in [0.4, 0.5) is 38.1 Å². The van der Waals surface area contributed by atoms with E-state index in [1.54, 1.807) is 6.07 Å². The number of aromatic nitrogens is 6. The zero-order valence-electron chi connectivity index (χ0n) is 23.1. The van der Waals surface area contributed by atoms with E-state index in [0.29, 0.717) is 47.1 Å². The molecule has 224 valence electrons. The van der Waals surface area contributed by atoms with Crippen LogP contribution in [0.5, 0.6) is 0 Å². The average Bonchev–Trinajstić information content (AvgIpc) is 3.61. The topological polar surface area (TPSA) is 75.9 Å². The Labute approximate surface area is 238 Å². The van der Waals surface area contributed by atoms with Gasteiger partial charge in [0.05, 0.1) is 35.8 Å². The molecule has 0 amide bonds. The lowest BCUT2D eigenvalue weighted by molar-refractivity contribution is -0.143. The van der Waals surface area contributed by atoms with Gasteiger partial charge in [0.2, 0.25) is 0 Å². The first kappa shape index (κ1) is 29.5. The molecule has 0 atom stereocenters. The molecule has 2 aromatic carbocycles. The quantitative estimate of drug-likeness (QED) is 0.208. The predicted octanol–water partition coefficient (Wildman–Crippen LogP) is 6.41. The average molecular weight is 593 g/mol. The van der Waals surface area contributed by atoms with E-state index in [1.165, 1.54) is 29.6 Å². The van der Waals surface area contributed by atoms with Crippen LogP contribution in [0.3, 0.4) is 0 Å². The number of aryl methyl sites for hydroxylation is 1. The number of hydrogen-bond acceptors (Lipinski definition) is 7. The summed E-state index contributed by atoms with van der Waals surface area (Å²) in [6.45, 7) is 3.03. The molecule has 1 saturated carbocycles. The maximum absolute atomic E-state index is 13.6. The van der Waals surface area contributed by atoms with Crippen molar-refractivity contribution in [3.8, 4) is 0 Å². The van der Waals surface area contributed by atoms with Crippen LogP contribution in [-0.2, 0) is 32.5 Å². The highest BCUT2D eigenvalue weighted by molar-refractivity contribution is 5.76. The second-order valence-corrected chi connectivity index (χ2v) is 10.5. The Kier molecular flexibility index (Phi) is 8.24. The van der Waals surface area contributed by atoms with Crippen molar-refractivity contribution in [2.45, 2.75) is 58.0 Å². The molecule has 1 aliphatic carbocycles. The first-order chi connectivity index (χ1) is 19.9. The molecule has 1 fully saturated rings. The van der Waals surface area contributed by atoms with Gasteiger partial charge in [-0.25, -0.2) is 9.97 Å². The minimum absolute atomic E-state index is 0.0301. The molecule has 4 aromatic rings. The number of hydrogen-bond donors (Lipinski definition) is 0. The summed E-state index contributed by atoms with van der Waals surface area (Å²) in [4.78, 5) is 14.5. The fourth-order valence-electron chi connectivity index (χ4n) is 5.37. The molecule has 0 spiro atoms. The van der Waals surface area contributed by atoms with Gasteiger partial charge in [0.1, 0.15) is 5.69 Å². The third-order valence-electron chi connectivity index (χ3n) is 7.40. The van der Waals surface area contributed by atoms with E-state index in [9.17, 15) is 26.3 Å². The van der Waals surface area contributed by atoms with Crippen LogP contribution >= 0.6 is 0 Å². The third-order valence-corrected chi connectivity index (χ3v) is 7.40. The summed E-state index contributed by atoms with van der Waals surface area (Å²) >= 11 is 0. The van der Waals surface area contributed by atoms with Crippen molar-refractivity contribution >= 4 is 22.8 Å². The SMILES string of the molecule is CCN(CC1CCCC1)c1nc2ccccc2nc1CN(Cc1cc(C(F)(F)F)cc(C(F)(F)F)c1)c1nnn(C)n1. The lowest BCUT2D eigenvalue weighted by Crippen LogP contribution is -2.32. The molecular formula is C28H30F6N8. The second-order valence-electron chi connectivity index (χ2n) is 10.5. The molecule has 2 heterocycles. The highest BCUT2D eigenvalue weighted by atomic mass is 19.4. The summed E-state index contributed by atoms with van der Waals surface area (Å²) in [5, 5.41) is 12.0. The number of nitrogens with zero attached hydrogens (tertiary/aromatic N) is 8. The summed E-state index contributed by atoms with van der Waals surface area (Å²) in [6, 6.07) is 8.87. The number of rotatable bonds is 9. The van der Waals surface area contributed by atoms with Gasteiger partial charge in [-0.05, 0) is 66.8 Å². The van der Waals surface area contributed by atoms with Gasteiger partial charge < -0.3 is 9.80 Å². The molecule has 1 aliphatic rings. The van der Waals surface area contributed by atoms with Crippen molar-refractivity contribution < 1.29 is 26.3 Å². The number of para-hydroxylation sites is 2. The van der Waals surface area contributed by atoms with Gasteiger partial charge >= 0.3 is 12.4 Å². The van der Waals surface area contributed by atoms with E-state index in [2.05, 4.69) is 20.3 Å². The van der Waals surface area contributed by atoms with Crippen LogP contribution in [0.25, 0.3) is 11.0 Å². The number of anilines is 2. The summed E-state index contributed by atoms with van der Waals surface area (Å²) in [7, 11) is 1.52. The molecule has 0 saturated heterocycles. The van der Waals surface area contributed by atoms with Crippen LogP contribution in [0.15, 0.2) is 42.5 Å². The smallest absolute Gasteiger partial charge is 0.355 e. The maximum atomic E-state index is 13.6. The zero-order chi connectivity index (χ0) is 30.1. The van der Waals surface area contributed by atoms with Crippen LogP contribution in [0, 0.1) is 5.92 Å². The molecule has 14 heteroatoms. The van der Waals surface area contributed by atoms with E-state index in [4.69, 9.17) is 9.97 Å². The van der Waals surface area contributed by atoms with Crippen molar-refractivity contribution in [3.05, 3.63) is 64.8 Å². The maximum Gasteiger partial charge on any atom is 0.416 e. The number of fused-ring (bicyclic) bond motifs is 1.